The third-order valence-corrected chi connectivity index (χ3v) is 6.69. The van der Waals surface area contributed by atoms with Crippen LogP contribution in [0, 0.1) is 12.8 Å². The van der Waals surface area contributed by atoms with E-state index in [4.69, 9.17) is 0 Å². The van der Waals surface area contributed by atoms with Crippen molar-refractivity contribution in [1.29, 1.82) is 0 Å². The number of anilines is 1. The minimum Gasteiger partial charge on any atom is -0.328 e. The monoisotopic (exact) mass is 354 g/mol. The number of likely N-dealkylation sites (tertiary alicyclic amines) is 1. The summed E-state index contributed by atoms with van der Waals surface area (Å²) in [5, 5.41) is 0. The van der Waals surface area contributed by atoms with Gasteiger partial charge < -0.3 is 9.80 Å². The predicted octanol–water partition coefficient (Wildman–Crippen LogP) is 4.06. The summed E-state index contributed by atoms with van der Waals surface area (Å²) in [5.74, 6) is 0.894. The van der Waals surface area contributed by atoms with Gasteiger partial charge in [0.25, 0.3) is 5.91 Å². The highest BCUT2D eigenvalue weighted by Gasteiger charge is 2.52. The fourth-order valence-electron chi connectivity index (χ4n) is 5.26. The van der Waals surface area contributed by atoms with Crippen LogP contribution in [0.4, 0.5) is 5.69 Å². The molecule has 1 atom stereocenters. The van der Waals surface area contributed by atoms with Gasteiger partial charge in [-0.2, -0.15) is 0 Å². The SMILES string of the molecule is Cc1ccc(N2CCCC3(CCCN3C(=O)CC3CCCC3)C2=O)cc1. The first-order valence-electron chi connectivity index (χ1n) is 10.3. The lowest BCUT2D eigenvalue weighted by molar-refractivity contribution is -0.146. The van der Waals surface area contributed by atoms with E-state index < -0.39 is 5.54 Å². The first-order valence-corrected chi connectivity index (χ1v) is 10.3. The lowest BCUT2D eigenvalue weighted by Crippen LogP contribution is -2.61. The van der Waals surface area contributed by atoms with Crippen molar-refractivity contribution in [3.8, 4) is 0 Å². The Kier molecular flexibility index (Phi) is 4.76. The highest BCUT2D eigenvalue weighted by atomic mass is 16.2. The van der Waals surface area contributed by atoms with Crippen LogP contribution in [0.25, 0.3) is 0 Å². The molecule has 1 unspecified atom stereocenters. The highest BCUT2D eigenvalue weighted by Crippen LogP contribution is 2.41. The van der Waals surface area contributed by atoms with E-state index in [-0.39, 0.29) is 11.8 Å². The first kappa shape index (κ1) is 17.6. The molecular formula is C22H30N2O2. The van der Waals surface area contributed by atoms with Crippen LogP contribution < -0.4 is 4.90 Å². The van der Waals surface area contributed by atoms with E-state index in [2.05, 4.69) is 19.1 Å². The van der Waals surface area contributed by atoms with Crippen LogP contribution in [0.3, 0.4) is 0 Å². The number of rotatable bonds is 3. The van der Waals surface area contributed by atoms with Crippen LogP contribution >= 0.6 is 0 Å². The van der Waals surface area contributed by atoms with Crippen LogP contribution in [0.2, 0.25) is 0 Å². The molecule has 2 amide bonds. The largest absolute Gasteiger partial charge is 0.328 e. The summed E-state index contributed by atoms with van der Waals surface area (Å²) in [5.41, 5.74) is 1.58. The van der Waals surface area contributed by atoms with E-state index in [1.165, 1.54) is 31.2 Å². The summed E-state index contributed by atoms with van der Waals surface area (Å²) in [4.78, 5) is 30.5. The summed E-state index contributed by atoms with van der Waals surface area (Å²) in [6, 6.07) is 8.18. The molecule has 3 fully saturated rings. The number of hydrogen-bond acceptors (Lipinski definition) is 2. The summed E-state index contributed by atoms with van der Waals surface area (Å²) >= 11 is 0. The summed E-state index contributed by atoms with van der Waals surface area (Å²) in [6.07, 6.45) is 9.06. The second kappa shape index (κ2) is 7.05. The van der Waals surface area contributed by atoms with Gasteiger partial charge in [0.15, 0.2) is 0 Å². The van der Waals surface area contributed by atoms with Crippen molar-refractivity contribution in [2.24, 2.45) is 5.92 Å². The van der Waals surface area contributed by atoms with E-state index >= 15 is 0 Å². The van der Waals surface area contributed by atoms with E-state index in [1.807, 2.05) is 21.9 Å². The van der Waals surface area contributed by atoms with Crippen molar-refractivity contribution in [2.75, 3.05) is 18.0 Å². The Hall–Kier alpha value is -1.84. The third kappa shape index (κ3) is 3.04. The Morgan fingerprint density at radius 3 is 2.38 bits per heavy atom. The molecule has 2 aliphatic heterocycles. The normalized spacial score (nSPS) is 26.9. The molecule has 1 aromatic carbocycles. The highest BCUT2D eigenvalue weighted by molar-refractivity contribution is 6.03. The topological polar surface area (TPSA) is 40.6 Å². The van der Waals surface area contributed by atoms with Gasteiger partial charge in [0.1, 0.15) is 5.54 Å². The number of hydrogen-bond donors (Lipinski definition) is 0. The first-order chi connectivity index (χ1) is 12.6. The number of amides is 2. The summed E-state index contributed by atoms with van der Waals surface area (Å²) < 4.78 is 0. The molecule has 2 saturated heterocycles. The van der Waals surface area contributed by atoms with E-state index in [1.54, 1.807) is 0 Å². The Morgan fingerprint density at radius 2 is 1.69 bits per heavy atom. The van der Waals surface area contributed by atoms with Gasteiger partial charge in [-0.1, -0.05) is 30.5 Å². The molecule has 26 heavy (non-hydrogen) atoms. The van der Waals surface area contributed by atoms with Crippen LogP contribution in [0.15, 0.2) is 24.3 Å². The van der Waals surface area contributed by atoms with E-state index in [0.717, 1.165) is 44.5 Å². The second-order valence-corrected chi connectivity index (χ2v) is 8.43. The van der Waals surface area contributed by atoms with Gasteiger partial charge in [-0.15, -0.1) is 0 Å². The zero-order valence-corrected chi connectivity index (χ0v) is 15.9. The average molecular weight is 354 g/mol. The number of aryl methyl sites for hydroxylation is 1. The van der Waals surface area contributed by atoms with Crippen molar-refractivity contribution in [1.82, 2.24) is 4.90 Å². The Balaban J connectivity index is 1.55. The van der Waals surface area contributed by atoms with Gasteiger partial charge in [0, 0.05) is 25.2 Å². The second-order valence-electron chi connectivity index (χ2n) is 8.43. The van der Waals surface area contributed by atoms with Crippen LogP contribution in [-0.2, 0) is 9.59 Å². The maximum absolute atomic E-state index is 13.5. The minimum atomic E-state index is -0.585. The third-order valence-electron chi connectivity index (χ3n) is 6.69. The molecule has 0 aromatic heterocycles. The smallest absolute Gasteiger partial charge is 0.252 e. The standard InChI is InChI=1S/C22H30N2O2/c1-17-8-10-19(11-9-17)23-14-4-12-22(21(23)26)13-5-15-24(22)20(25)16-18-6-2-3-7-18/h8-11,18H,2-7,12-16H2,1H3. The number of benzene rings is 1. The maximum atomic E-state index is 13.5. The Labute approximate surface area is 156 Å². The van der Waals surface area contributed by atoms with Crippen molar-refractivity contribution in [3.63, 3.8) is 0 Å². The molecular weight excluding hydrogens is 324 g/mol. The van der Waals surface area contributed by atoms with Gasteiger partial charge in [0.2, 0.25) is 5.91 Å². The molecule has 1 aromatic rings. The van der Waals surface area contributed by atoms with Gasteiger partial charge in [-0.05, 0) is 63.5 Å². The number of carbonyl (C=O) groups is 2. The fraction of sp³-hybridized carbons (Fsp3) is 0.636. The molecule has 1 aliphatic carbocycles. The summed E-state index contributed by atoms with van der Waals surface area (Å²) in [6.45, 7) is 3.57. The van der Waals surface area contributed by atoms with E-state index in [0.29, 0.717) is 12.3 Å². The number of carbonyl (C=O) groups excluding carboxylic acids is 2. The van der Waals surface area contributed by atoms with Gasteiger partial charge in [0.05, 0.1) is 0 Å². The zero-order chi connectivity index (χ0) is 18.1. The molecule has 2 heterocycles. The Bertz CT molecular complexity index is 678. The van der Waals surface area contributed by atoms with Crippen molar-refractivity contribution in [3.05, 3.63) is 29.8 Å². The van der Waals surface area contributed by atoms with Crippen molar-refractivity contribution >= 4 is 17.5 Å². The van der Waals surface area contributed by atoms with Crippen molar-refractivity contribution in [2.45, 2.75) is 70.3 Å². The predicted molar refractivity (Wildman–Crippen MR) is 103 cm³/mol. The molecule has 1 spiro atoms. The number of nitrogens with zero attached hydrogens (tertiary/aromatic N) is 2. The quantitative estimate of drug-likeness (QED) is 0.821. The van der Waals surface area contributed by atoms with Crippen molar-refractivity contribution < 1.29 is 9.59 Å². The minimum absolute atomic E-state index is 0.143. The summed E-state index contributed by atoms with van der Waals surface area (Å²) in [7, 11) is 0. The van der Waals surface area contributed by atoms with Crippen LogP contribution in [0.1, 0.15) is 63.4 Å². The molecule has 3 aliphatic rings. The Morgan fingerprint density at radius 1 is 1.04 bits per heavy atom. The van der Waals surface area contributed by atoms with Crippen LogP contribution in [-0.4, -0.2) is 35.3 Å². The fourth-order valence-corrected chi connectivity index (χ4v) is 5.26. The average Bonchev–Trinajstić information content (AvgIpc) is 3.29. The van der Waals surface area contributed by atoms with E-state index in [9.17, 15) is 9.59 Å². The molecule has 0 radical (unpaired) electrons. The lowest BCUT2D eigenvalue weighted by atomic mass is 9.84. The molecule has 1 saturated carbocycles. The van der Waals surface area contributed by atoms with Gasteiger partial charge in [-0.25, -0.2) is 0 Å². The molecule has 140 valence electrons. The van der Waals surface area contributed by atoms with Crippen LogP contribution in [0.5, 0.6) is 0 Å². The molecule has 4 rings (SSSR count). The van der Waals surface area contributed by atoms with Gasteiger partial charge >= 0.3 is 0 Å². The lowest BCUT2D eigenvalue weighted by Gasteiger charge is -2.44. The maximum Gasteiger partial charge on any atom is 0.252 e. The zero-order valence-electron chi connectivity index (χ0n) is 15.9. The molecule has 0 bridgehead atoms. The molecule has 4 nitrogen and oxygen atoms in total. The molecule has 0 N–H and O–H groups in total. The van der Waals surface area contributed by atoms with Gasteiger partial charge in [-0.3, -0.25) is 9.59 Å². The number of piperidine rings is 1. The molecule has 4 heteroatoms.